The number of nitrogens with one attached hydrogen (secondary N) is 2. The first-order valence-corrected chi connectivity index (χ1v) is 8.58. The third-order valence-corrected chi connectivity index (χ3v) is 3.52. The van der Waals surface area contributed by atoms with E-state index in [-0.39, 0.29) is 5.91 Å². The summed E-state index contributed by atoms with van der Waals surface area (Å²) in [5.41, 5.74) is 0. The Morgan fingerprint density at radius 1 is 0.905 bits per heavy atom. The maximum atomic E-state index is 11.4. The quantitative estimate of drug-likeness (QED) is 0.484. The van der Waals surface area contributed by atoms with E-state index in [9.17, 15) is 9.59 Å². The normalized spacial score (nSPS) is 10.9. The number of unbranched alkanes of at least 4 members (excludes halogenated alkanes) is 6. The molecule has 0 aromatic heterocycles. The van der Waals surface area contributed by atoms with Crippen LogP contribution in [0.1, 0.15) is 78.6 Å². The molecule has 21 heavy (non-hydrogen) atoms. The average Bonchev–Trinajstić information content (AvgIpc) is 2.46. The largest absolute Gasteiger partial charge is 0.355 e. The lowest BCUT2D eigenvalue weighted by Gasteiger charge is -2.08. The highest BCUT2D eigenvalue weighted by Crippen LogP contribution is 2.09. The van der Waals surface area contributed by atoms with Gasteiger partial charge in [0.15, 0.2) is 0 Å². The van der Waals surface area contributed by atoms with Crippen LogP contribution in [0.25, 0.3) is 0 Å². The Hall–Kier alpha value is -0.900. The minimum absolute atomic E-state index is 0.0873. The van der Waals surface area contributed by atoms with Gasteiger partial charge in [0.1, 0.15) is 5.78 Å². The average molecular weight is 298 g/mol. The summed E-state index contributed by atoms with van der Waals surface area (Å²) in [6, 6.07) is 0.350. The summed E-state index contributed by atoms with van der Waals surface area (Å²) in [6.07, 6.45) is 9.57. The van der Waals surface area contributed by atoms with Crippen molar-refractivity contribution in [3.8, 4) is 0 Å². The molecule has 0 aliphatic carbocycles. The third-order valence-electron chi connectivity index (χ3n) is 3.52. The van der Waals surface area contributed by atoms with Crippen LogP contribution in [0.15, 0.2) is 0 Å². The molecule has 0 saturated heterocycles. The van der Waals surface area contributed by atoms with Crippen molar-refractivity contribution in [2.24, 2.45) is 0 Å². The summed E-state index contributed by atoms with van der Waals surface area (Å²) in [7, 11) is 0. The maximum Gasteiger partial charge on any atom is 0.233 e. The fourth-order valence-corrected chi connectivity index (χ4v) is 2.09. The first kappa shape index (κ1) is 20.1. The lowest BCUT2D eigenvalue weighted by atomic mass is 10.1. The van der Waals surface area contributed by atoms with Crippen LogP contribution in [0, 0.1) is 0 Å². The molecule has 0 aromatic carbocycles. The Bertz CT molecular complexity index is 278. The van der Waals surface area contributed by atoms with Crippen LogP contribution in [-0.2, 0) is 9.59 Å². The molecule has 0 aliphatic heterocycles. The Balaban J connectivity index is 3.18. The number of carbonyl (C=O) groups excluding carboxylic acids is 2. The van der Waals surface area contributed by atoms with Crippen molar-refractivity contribution < 1.29 is 9.59 Å². The van der Waals surface area contributed by atoms with Gasteiger partial charge in [-0.05, 0) is 12.8 Å². The number of hydrogen-bond donors (Lipinski definition) is 2. The Morgan fingerprint density at radius 3 is 2.05 bits per heavy atom. The van der Waals surface area contributed by atoms with Crippen molar-refractivity contribution >= 4 is 11.7 Å². The van der Waals surface area contributed by atoms with Gasteiger partial charge in [-0.2, -0.15) is 0 Å². The van der Waals surface area contributed by atoms with Crippen LogP contribution in [0.3, 0.4) is 0 Å². The molecule has 124 valence electrons. The smallest absolute Gasteiger partial charge is 0.233 e. The zero-order chi connectivity index (χ0) is 15.9. The van der Waals surface area contributed by atoms with Gasteiger partial charge in [-0.15, -0.1) is 0 Å². The summed E-state index contributed by atoms with van der Waals surface area (Å²) in [5, 5.41) is 6.03. The summed E-state index contributed by atoms with van der Waals surface area (Å²) >= 11 is 0. The van der Waals surface area contributed by atoms with Gasteiger partial charge in [0.2, 0.25) is 5.91 Å². The van der Waals surface area contributed by atoms with E-state index in [1.54, 1.807) is 0 Å². The van der Waals surface area contributed by atoms with Crippen molar-refractivity contribution in [3.05, 3.63) is 0 Å². The van der Waals surface area contributed by atoms with Gasteiger partial charge in [0.05, 0.1) is 6.54 Å². The van der Waals surface area contributed by atoms with Gasteiger partial charge < -0.3 is 10.6 Å². The molecule has 0 aliphatic rings. The van der Waals surface area contributed by atoms with Crippen LogP contribution in [0.5, 0.6) is 0 Å². The molecule has 0 atom stereocenters. The van der Waals surface area contributed by atoms with Crippen molar-refractivity contribution in [3.63, 3.8) is 0 Å². The number of hydrogen-bond acceptors (Lipinski definition) is 3. The van der Waals surface area contributed by atoms with E-state index in [1.807, 2.05) is 20.8 Å². The number of Topliss-reactive ketones (excluding diaryl/α,β-unsaturated/α-hetero) is 1. The highest BCUT2D eigenvalue weighted by molar-refractivity contribution is 5.78. The number of amides is 1. The molecule has 0 unspecified atom stereocenters. The van der Waals surface area contributed by atoms with Gasteiger partial charge in [0, 0.05) is 25.4 Å². The van der Waals surface area contributed by atoms with Gasteiger partial charge in [-0.1, -0.05) is 52.9 Å². The van der Waals surface area contributed by atoms with E-state index in [0.717, 1.165) is 25.8 Å². The molecule has 0 heterocycles. The van der Waals surface area contributed by atoms with Crippen LogP contribution in [-0.4, -0.2) is 30.8 Å². The topological polar surface area (TPSA) is 58.2 Å². The Labute approximate surface area is 130 Å². The van der Waals surface area contributed by atoms with E-state index in [0.29, 0.717) is 24.8 Å². The van der Waals surface area contributed by atoms with E-state index in [4.69, 9.17) is 0 Å². The predicted octanol–water partition coefficient (Wildman–Crippen LogP) is 3.20. The fraction of sp³-hybridized carbons (Fsp3) is 0.882. The Morgan fingerprint density at radius 2 is 1.48 bits per heavy atom. The Kier molecular flexibility index (Phi) is 13.5. The number of carbonyl (C=O) groups is 2. The van der Waals surface area contributed by atoms with Gasteiger partial charge >= 0.3 is 0 Å². The molecule has 0 fully saturated rings. The summed E-state index contributed by atoms with van der Waals surface area (Å²) in [6.45, 7) is 7.19. The molecule has 4 heteroatoms. The summed E-state index contributed by atoms with van der Waals surface area (Å²) in [5.74, 6) is 0.474. The number of rotatable bonds is 14. The highest BCUT2D eigenvalue weighted by Gasteiger charge is 2.01. The minimum atomic E-state index is 0.0873. The molecule has 0 saturated carbocycles. The summed E-state index contributed by atoms with van der Waals surface area (Å²) in [4.78, 5) is 22.6. The second-order valence-electron chi connectivity index (χ2n) is 6.00. The van der Waals surface area contributed by atoms with Crippen molar-refractivity contribution in [2.75, 3.05) is 13.1 Å². The van der Waals surface area contributed by atoms with Gasteiger partial charge in [0.25, 0.3) is 0 Å². The first-order valence-electron chi connectivity index (χ1n) is 8.58. The lowest BCUT2D eigenvalue weighted by molar-refractivity contribution is -0.120. The van der Waals surface area contributed by atoms with Crippen molar-refractivity contribution in [1.82, 2.24) is 10.6 Å². The third kappa shape index (κ3) is 15.3. The zero-order valence-corrected chi connectivity index (χ0v) is 14.2. The fourth-order valence-electron chi connectivity index (χ4n) is 2.09. The highest BCUT2D eigenvalue weighted by atomic mass is 16.2. The van der Waals surface area contributed by atoms with Gasteiger partial charge in [-0.25, -0.2) is 0 Å². The molecule has 0 radical (unpaired) electrons. The number of ketones is 1. The van der Waals surface area contributed by atoms with E-state index in [2.05, 4.69) is 10.6 Å². The second kappa shape index (κ2) is 14.1. The molecule has 1 amide bonds. The van der Waals surface area contributed by atoms with E-state index >= 15 is 0 Å². The molecule has 4 nitrogen and oxygen atoms in total. The lowest BCUT2D eigenvalue weighted by Crippen LogP contribution is -2.37. The SMILES string of the molecule is CCC(=O)CCCCCCCCCNC(=O)CNC(C)C. The van der Waals surface area contributed by atoms with Crippen molar-refractivity contribution in [1.29, 1.82) is 0 Å². The predicted molar refractivity (Wildman–Crippen MR) is 88.4 cm³/mol. The molecule has 0 spiro atoms. The monoisotopic (exact) mass is 298 g/mol. The van der Waals surface area contributed by atoms with E-state index < -0.39 is 0 Å². The van der Waals surface area contributed by atoms with Crippen LogP contribution in [0.2, 0.25) is 0 Å². The zero-order valence-electron chi connectivity index (χ0n) is 14.2. The standard InChI is InChI=1S/C17H34N2O2/c1-4-16(20)12-10-8-6-5-7-9-11-13-18-17(21)14-19-15(2)3/h15,19H,4-14H2,1-3H3,(H,18,21). The van der Waals surface area contributed by atoms with Crippen LogP contribution in [0.4, 0.5) is 0 Å². The van der Waals surface area contributed by atoms with Crippen molar-refractivity contribution in [2.45, 2.75) is 84.6 Å². The molecular weight excluding hydrogens is 264 g/mol. The molecule has 0 aromatic rings. The molecular formula is C17H34N2O2. The molecule has 0 rings (SSSR count). The maximum absolute atomic E-state index is 11.4. The first-order chi connectivity index (χ1) is 10.1. The van der Waals surface area contributed by atoms with Gasteiger partial charge in [-0.3, -0.25) is 9.59 Å². The van der Waals surface area contributed by atoms with Crippen LogP contribution >= 0.6 is 0 Å². The molecule has 0 bridgehead atoms. The summed E-state index contributed by atoms with van der Waals surface area (Å²) < 4.78 is 0. The minimum Gasteiger partial charge on any atom is -0.355 e. The van der Waals surface area contributed by atoms with Crippen LogP contribution < -0.4 is 10.6 Å². The molecule has 2 N–H and O–H groups in total. The second-order valence-corrected chi connectivity index (χ2v) is 6.00. The van der Waals surface area contributed by atoms with E-state index in [1.165, 1.54) is 32.1 Å².